The van der Waals surface area contributed by atoms with Crippen LogP contribution < -0.4 is 4.74 Å². The van der Waals surface area contributed by atoms with Crippen molar-refractivity contribution in [2.24, 2.45) is 5.92 Å². The fraction of sp³-hybridized carbons (Fsp3) is 0.242. The molecule has 1 atom stereocenters. The average molecular weight is 534 g/mol. The summed E-state index contributed by atoms with van der Waals surface area (Å²) in [5, 5.41) is 37.8. The van der Waals surface area contributed by atoms with Crippen molar-refractivity contribution in [3.8, 4) is 46.0 Å². The maximum absolute atomic E-state index is 10.6. The molecule has 6 rings (SSSR count). The highest BCUT2D eigenvalue weighted by atomic mass is 16.5. The van der Waals surface area contributed by atoms with Crippen LogP contribution in [0.4, 0.5) is 0 Å². The molecule has 0 amide bonds. The van der Waals surface area contributed by atoms with Crippen molar-refractivity contribution in [1.82, 2.24) is 15.0 Å². The number of hydrogen-bond donors (Lipinski definition) is 3. The first-order valence-corrected chi connectivity index (χ1v) is 13.8. The molecule has 0 fully saturated rings. The molecule has 0 spiro atoms. The van der Waals surface area contributed by atoms with Gasteiger partial charge in [0.15, 0.2) is 11.6 Å². The number of phenolic OH excluding ortho intramolecular Hbond substituents is 3. The second-order valence-corrected chi connectivity index (χ2v) is 10.3. The lowest BCUT2D eigenvalue weighted by molar-refractivity contribution is 0.217. The Morgan fingerprint density at radius 3 is 2.10 bits per heavy atom. The zero-order valence-corrected chi connectivity index (χ0v) is 22.6. The molecule has 0 aliphatic rings. The third kappa shape index (κ3) is 4.57. The zero-order chi connectivity index (χ0) is 27.8. The summed E-state index contributed by atoms with van der Waals surface area (Å²) in [6.07, 6.45) is 4.25. The van der Waals surface area contributed by atoms with Crippen molar-refractivity contribution < 1.29 is 20.1 Å². The van der Waals surface area contributed by atoms with Gasteiger partial charge in [-0.05, 0) is 50.7 Å². The highest BCUT2D eigenvalue weighted by molar-refractivity contribution is 6.25. The lowest BCUT2D eigenvalue weighted by Crippen LogP contribution is -2.13. The summed E-state index contributed by atoms with van der Waals surface area (Å²) in [5.41, 5.74) is 0.789. The van der Waals surface area contributed by atoms with Crippen LogP contribution in [0.15, 0.2) is 66.7 Å². The van der Waals surface area contributed by atoms with Gasteiger partial charge in [-0.2, -0.15) is 9.97 Å². The second-order valence-electron chi connectivity index (χ2n) is 10.3. The van der Waals surface area contributed by atoms with Crippen LogP contribution in [0.1, 0.15) is 39.5 Å². The number of rotatable bonds is 9. The minimum absolute atomic E-state index is 0.00189. The van der Waals surface area contributed by atoms with E-state index in [1.54, 1.807) is 0 Å². The lowest BCUT2D eigenvalue weighted by Gasteiger charge is -2.17. The fourth-order valence-electron chi connectivity index (χ4n) is 5.50. The van der Waals surface area contributed by atoms with Crippen molar-refractivity contribution in [3.05, 3.63) is 66.7 Å². The molecule has 0 bridgehead atoms. The van der Waals surface area contributed by atoms with E-state index in [1.165, 1.54) is 5.39 Å². The van der Waals surface area contributed by atoms with Crippen molar-refractivity contribution in [1.29, 1.82) is 0 Å². The number of nitrogens with zero attached hydrogens (tertiary/aromatic N) is 3. The summed E-state index contributed by atoms with van der Waals surface area (Å²) in [7, 11) is 0. The van der Waals surface area contributed by atoms with Gasteiger partial charge < -0.3 is 20.1 Å². The van der Waals surface area contributed by atoms with E-state index in [0.717, 1.165) is 70.3 Å². The van der Waals surface area contributed by atoms with Gasteiger partial charge >= 0.3 is 6.01 Å². The molecule has 0 aliphatic heterocycles. The Bertz CT molecular complexity index is 1800. The van der Waals surface area contributed by atoms with Gasteiger partial charge in [0, 0.05) is 17.7 Å². The van der Waals surface area contributed by atoms with Crippen LogP contribution in [0, 0.1) is 5.92 Å². The number of phenols is 3. The Balaban J connectivity index is 1.53. The maximum Gasteiger partial charge on any atom is 0.320 e. The van der Waals surface area contributed by atoms with E-state index in [-0.39, 0.29) is 34.6 Å². The first-order valence-electron chi connectivity index (χ1n) is 13.8. The van der Waals surface area contributed by atoms with Gasteiger partial charge in [-0.3, -0.25) is 0 Å². The molecule has 7 heteroatoms. The van der Waals surface area contributed by atoms with Crippen LogP contribution in [0.2, 0.25) is 0 Å². The smallest absolute Gasteiger partial charge is 0.320 e. The van der Waals surface area contributed by atoms with E-state index < -0.39 is 0 Å². The van der Waals surface area contributed by atoms with Gasteiger partial charge in [-0.25, -0.2) is 4.98 Å². The normalized spacial score (nSPS) is 12.4. The Morgan fingerprint density at radius 2 is 1.40 bits per heavy atom. The highest BCUT2D eigenvalue weighted by Gasteiger charge is 2.21. The van der Waals surface area contributed by atoms with E-state index in [0.29, 0.717) is 18.3 Å². The summed E-state index contributed by atoms with van der Waals surface area (Å²) < 4.78 is 6.13. The summed E-state index contributed by atoms with van der Waals surface area (Å²) in [6, 6.07) is 21.2. The quantitative estimate of drug-likeness (QED) is 0.163. The SMILES string of the molecule is CCCCC(CC)COc1nc(-c2c(O)cc(O)cc2O)nc(-c2ccc3ccc4cccc5ccc2c3c45)n1. The molecule has 7 nitrogen and oxygen atoms in total. The average Bonchev–Trinajstić information content (AvgIpc) is 2.95. The maximum atomic E-state index is 10.6. The number of aromatic hydroxyl groups is 3. The topological polar surface area (TPSA) is 109 Å². The first-order chi connectivity index (χ1) is 19.5. The van der Waals surface area contributed by atoms with Crippen LogP contribution in [0.25, 0.3) is 55.1 Å². The molecule has 40 heavy (non-hydrogen) atoms. The third-order valence-electron chi connectivity index (χ3n) is 7.68. The van der Waals surface area contributed by atoms with E-state index in [9.17, 15) is 15.3 Å². The zero-order valence-electron chi connectivity index (χ0n) is 22.6. The molecule has 5 aromatic carbocycles. The van der Waals surface area contributed by atoms with Gasteiger partial charge in [0.2, 0.25) is 0 Å². The number of aromatic nitrogens is 3. The number of unbranched alkanes of at least 4 members (excludes halogenated alkanes) is 1. The van der Waals surface area contributed by atoms with Gasteiger partial charge in [-0.15, -0.1) is 0 Å². The number of hydrogen-bond acceptors (Lipinski definition) is 7. The third-order valence-corrected chi connectivity index (χ3v) is 7.68. The standard InChI is InChI=1S/C33H31N3O4/c1-3-5-7-19(4-2)18-40-33-35-31(34-32(36-33)30-26(38)16-23(37)17-27(30)39)25-15-13-22-11-10-20-8-6-9-21-12-14-24(25)29(22)28(20)21/h6,8-17,19,37-39H,3-5,7,18H2,1-2H3. The van der Waals surface area contributed by atoms with Gasteiger partial charge in [0.25, 0.3) is 0 Å². The van der Waals surface area contributed by atoms with Crippen molar-refractivity contribution in [2.45, 2.75) is 39.5 Å². The minimum Gasteiger partial charge on any atom is -0.508 e. The molecule has 1 heterocycles. The van der Waals surface area contributed by atoms with Crippen molar-refractivity contribution >= 4 is 32.3 Å². The molecule has 1 unspecified atom stereocenters. The molecular weight excluding hydrogens is 502 g/mol. The van der Waals surface area contributed by atoms with Crippen LogP contribution in [0.5, 0.6) is 23.3 Å². The summed E-state index contributed by atoms with van der Waals surface area (Å²) in [6.45, 7) is 4.77. The van der Waals surface area contributed by atoms with Crippen LogP contribution >= 0.6 is 0 Å². The van der Waals surface area contributed by atoms with E-state index in [1.807, 2.05) is 6.07 Å². The van der Waals surface area contributed by atoms with Crippen LogP contribution in [0.3, 0.4) is 0 Å². The highest BCUT2D eigenvalue weighted by Crippen LogP contribution is 2.41. The molecular formula is C33H31N3O4. The Labute approximate surface area is 232 Å². The van der Waals surface area contributed by atoms with E-state index >= 15 is 0 Å². The molecule has 0 radical (unpaired) electrons. The molecule has 0 saturated carbocycles. The number of ether oxygens (including phenoxy) is 1. The first kappa shape index (κ1) is 25.6. The monoisotopic (exact) mass is 533 g/mol. The van der Waals surface area contributed by atoms with Crippen LogP contribution in [-0.4, -0.2) is 36.9 Å². The molecule has 202 valence electrons. The van der Waals surface area contributed by atoms with Crippen LogP contribution in [-0.2, 0) is 0 Å². The number of benzene rings is 5. The van der Waals surface area contributed by atoms with E-state index in [4.69, 9.17) is 14.7 Å². The molecule has 0 aliphatic carbocycles. The Hall–Kier alpha value is -4.65. The second kappa shape index (κ2) is 10.5. The van der Waals surface area contributed by atoms with Gasteiger partial charge in [-0.1, -0.05) is 81.6 Å². The molecule has 6 aromatic rings. The predicted molar refractivity (Wildman–Crippen MR) is 158 cm³/mol. The summed E-state index contributed by atoms with van der Waals surface area (Å²) in [5.74, 6) is -0.170. The summed E-state index contributed by atoms with van der Waals surface area (Å²) in [4.78, 5) is 13.9. The Kier molecular flexibility index (Phi) is 6.72. The summed E-state index contributed by atoms with van der Waals surface area (Å²) >= 11 is 0. The minimum atomic E-state index is -0.342. The molecule has 0 saturated heterocycles. The van der Waals surface area contributed by atoms with E-state index in [2.05, 4.69) is 67.4 Å². The van der Waals surface area contributed by atoms with Crippen molar-refractivity contribution in [3.63, 3.8) is 0 Å². The lowest BCUT2D eigenvalue weighted by atomic mass is 9.92. The Morgan fingerprint density at radius 1 is 0.750 bits per heavy atom. The molecule has 3 N–H and O–H groups in total. The largest absolute Gasteiger partial charge is 0.508 e. The van der Waals surface area contributed by atoms with Crippen molar-refractivity contribution in [2.75, 3.05) is 6.61 Å². The molecule has 1 aromatic heterocycles. The van der Waals surface area contributed by atoms with Gasteiger partial charge in [0.1, 0.15) is 22.8 Å². The van der Waals surface area contributed by atoms with Gasteiger partial charge in [0.05, 0.1) is 6.61 Å². The predicted octanol–water partition coefficient (Wildman–Crippen LogP) is 7.82. The fourth-order valence-corrected chi connectivity index (χ4v) is 5.50.